The first kappa shape index (κ1) is 12.3. The molecule has 0 aliphatic rings. The lowest BCUT2D eigenvalue weighted by Gasteiger charge is -2.09. The van der Waals surface area contributed by atoms with Gasteiger partial charge >= 0.3 is 0 Å². The molecule has 0 fully saturated rings. The quantitative estimate of drug-likeness (QED) is 0.845. The van der Waals surface area contributed by atoms with E-state index in [-0.39, 0.29) is 11.3 Å². The van der Waals surface area contributed by atoms with E-state index in [9.17, 15) is 9.90 Å². The summed E-state index contributed by atoms with van der Waals surface area (Å²) < 4.78 is 1.29. The van der Waals surface area contributed by atoms with Crippen molar-refractivity contribution in [1.29, 1.82) is 0 Å². The van der Waals surface area contributed by atoms with Gasteiger partial charge in [0.25, 0.3) is 5.56 Å². The lowest BCUT2D eigenvalue weighted by molar-refractivity contribution is 0.453. The predicted octanol–water partition coefficient (Wildman–Crippen LogP) is 0.966. The first-order chi connectivity index (χ1) is 8.61. The molecule has 0 saturated heterocycles. The lowest BCUT2D eigenvalue weighted by atomic mass is 10.2. The Kier molecular flexibility index (Phi) is 3.43. The van der Waals surface area contributed by atoms with Gasteiger partial charge in [0.2, 0.25) is 0 Å². The van der Waals surface area contributed by atoms with Crippen LogP contribution in [-0.4, -0.2) is 21.9 Å². The van der Waals surface area contributed by atoms with Crippen molar-refractivity contribution in [3.05, 3.63) is 51.9 Å². The van der Waals surface area contributed by atoms with Crippen molar-refractivity contribution >= 4 is 0 Å². The van der Waals surface area contributed by atoms with Crippen molar-refractivity contribution in [3.8, 4) is 11.4 Å². The van der Waals surface area contributed by atoms with Crippen LogP contribution in [0.4, 0.5) is 0 Å². The van der Waals surface area contributed by atoms with Crippen molar-refractivity contribution in [2.45, 2.75) is 13.5 Å². The van der Waals surface area contributed by atoms with E-state index in [1.54, 1.807) is 7.05 Å². The minimum atomic E-state index is -0.349. The summed E-state index contributed by atoms with van der Waals surface area (Å²) in [5.41, 5.74) is 1.83. The second-order valence-corrected chi connectivity index (χ2v) is 4.10. The number of hydrogen-bond donors (Lipinski definition) is 2. The normalized spacial score (nSPS) is 10.6. The Morgan fingerprint density at radius 2 is 2.17 bits per heavy atom. The van der Waals surface area contributed by atoms with Crippen molar-refractivity contribution in [2.75, 3.05) is 7.05 Å². The Morgan fingerprint density at radius 3 is 2.83 bits per heavy atom. The van der Waals surface area contributed by atoms with E-state index in [1.807, 2.05) is 31.2 Å². The summed E-state index contributed by atoms with van der Waals surface area (Å²) in [5.74, 6) is -0.0850. The van der Waals surface area contributed by atoms with Gasteiger partial charge in [0.15, 0.2) is 0 Å². The SMILES string of the molecule is CNCc1nn(-c2cccc(C)c2)c(=O)cc1O. The smallest absolute Gasteiger partial charge is 0.275 e. The monoisotopic (exact) mass is 245 g/mol. The minimum Gasteiger partial charge on any atom is -0.506 e. The molecule has 18 heavy (non-hydrogen) atoms. The lowest BCUT2D eigenvalue weighted by Crippen LogP contribution is -2.23. The molecule has 2 N–H and O–H groups in total. The first-order valence-electron chi connectivity index (χ1n) is 5.65. The minimum absolute atomic E-state index is 0.0850. The molecule has 1 aromatic heterocycles. The first-order valence-corrected chi connectivity index (χ1v) is 5.65. The summed E-state index contributed by atoms with van der Waals surface area (Å²) in [6.45, 7) is 2.35. The van der Waals surface area contributed by atoms with E-state index in [2.05, 4.69) is 10.4 Å². The number of aromatic hydroxyl groups is 1. The molecule has 0 spiro atoms. The highest BCUT2D eigenvalue weighted by molar-refractivity contribution is 5.36. The van der Waals surface area contributed by atoms with E-state index in [1.165, 1.54) is 10.7 Å². The van der Waals surface area contributed by atoms with Crippen LogP contribution in [0.5, 0.6) is 5.75 Å². The zero-order valence-corrected chi connectivity index (χ0v) is 10.3. The third-order valence-corrected chi connectivity index (χ3v) is 2.58. The average molecular weight is 245 g/mol. The number of nitrogens with zero attached hydrogens (tertiary/aromatic N) is 2. The molecule has 1 heterocycles. The maximum Gasteiger partial charge on any atom is 0.275 e. The fourth-order valence-electron chi connectivity index (χ4n) is 1.72. The summed E-state index contributed by atoms with van der Waals surface area (Å²) in [6, 6.07) is 8.67. The Labute approximate surface area is 105 Å². The van der Waals surface area contributed by atoms with Crippen LogP contribution in [0.1, 0.15) is 11.3 Å². The van der Waals surface area contributed by atoms with E-state index in [0.717, 1.165) is 5.56 Å². The predicted molar refractivity (Wildman–Crippen MR) is 69.0 cm³/mol. The van der Waals surface area contributed by atoms with Gasteiger partial charge in [0.05, 0.1) is 5.69 Å². The van der Waals surface area contributed by atoms with Crippen LogP contribution in [0.3, 0.4) is 0 Å². The molecule has 0 amide bonds. The molecule has 5 nitrogen and oxygen atoms in total. The van der Waals surface area contributed by atoms with Gasteiger partial charge in [-0.3, -0.25) is 4.79 Å². The fourth-order valence-corrected chi connectivity index (χ4v) is 1.72. The standard InChI is InChI=1S/C13H15N3O2/c1-9-4-3-5-10(6-9)16-13(18)7-12(17)11(15-16)8-14-2/h3-7,14,17H,8H2,1-2H3. The molecular weight excluding hydrogens is 230 g/mol. The average Bonchev–Trinajstić information content (AvgIpc) is 2.33. The van der Waals surface area contributed by atoms with Gasteiger partial charge in [-0.15, -0.1) is 0 Å². The van der Waals surface area contributed by atoms with Gasteiger partial charge in [0.1, 0.15) is 11.4 Å². The number of aromatic nitrogens is 2. The molecule has 0 saturated carbocycles. The van der Waals surface area contributed by atoms with Gasteiger partial charge in [0, 0.05) is 12.6 Å². The van der Waals surface area contributed by atoms with Crippen LogP contribution in [0.15, 0.2) is 35.1 Å². The second-order valence-electron chi connectivity index (χ2n) is 4.10. The highest BCUT2D eigenvalue weighted by Crippen LogP contribution is 2.12. The van der Waals surface area contributed by atoms with Crippen molar-refractivity contribution < 1.29 is 5.11 Å². The van der Waals surface area contributed by atoms with Crippen molar-refractivity contribution in [3.63, 3.8) is 0 Å². The summed E-state index contributed by atoms with van der Waals surface area (Å²) in [6.07, 6.45) is 0. The van der Waals surface area contributed by atoms with Crippen LogP contribution in [-0.2, 0) is 6.54 Å². The largest absolute Gasteiger partial charge is 0.506 e. The zero-order chi connectivity index (χ0) is 13.1. The van der Waals surface area contributed by atoms with E-state index in [4.69, 9.17) is 0 Å². The van der Waals surface area contributed by atoms with Gasteiger partial charge in [-0.25, -0.2) is 0 Å². The van der Waals surface area contributed by atoms with E-state index in [0.29, 0.717) is 17.9 Å². The molecule has 0 bridgehead atoms. The molecule has 0 atom stereocenters. The summed E-state index contributed by atoms with van der Waals surface area (Å²) in [5, 5.41) is 16.7. The van der Waals surface area contributed by atoms with Crippen LogP contribution in [0.25, 0.3) is 5.69 Å². The fraction of sp³-hybridized carbons (Fsp3) is 0.231. The Morgan fingerprint density at radius 1 is 1.39 bits per heavy atom. The third-order valence-electron chi connectivity index (χ3n) is 2.58. The van der Waals surface area contributed by atoms with Gasteiger partial charge in [-0.2, -0.15) is 9.78 Å². The summed E-state index contributed by atoms with van der Waals surface area (Å²) in [4.78, 5) is 11.8. The maximum absolute atomic E-state index is 11.8. The number of nitrogens with one attached hydrogen (secondary N) is 1. The number of rotatable bonds is 3. The van der Waals surface area contributed by atoms with Gasteiger partial charge in [-0.05, 0) is 31.7 Å². The topological polar surface area (TPSA) is 67.2 Å². The number of benzene rings is 1. The Bertz CT molecular complexity index is 620. The third kappa shape index (κ3) is 2.41. The van der Waals surface area contributed by atoms with Crippen LogP contribution in [0, 0.1) is 6.92 Å². The summed E-state index contributed by atoms with van der Waals surface area (Å²) in [7, 11) is 1.75. The van der Waals surface area contributed by atoms with Gasteiger partial charge < -0.3 is 10.4 Å². The number of aryl methyl sites for hydroxylation is 1. The van der Waals surface area contributed by atoms with E-state index >= 15 is 0 Å². The van der Waals surface area contributed by atoms with Crippen LogP contribution < -0.4 is 10.9 Å². The van der Waals surface area contributed by atoms with Crippen LogP contribution in [0.2, 0.25) is 0 Å². The van der Waals surface area contributed by atoms with Crippen LogP contribution >= 0.6 is 0 Å². The molecule has 94 valence electrons. The Balaban J connectivity index is 2.57. The maximum atomic E-state index is 11.8. The molecule has 0 radical (unpaired) electrons. The summed E-state index contributed by atoms with van der Waals surface area (Å²) >= 11 is 0. The molecule has 5 heteroatoms. The van der Waals surface area contributed by atoms with Crippen molar-refractivity contribution in [1.82, 2.24) is 15.1 Å². The van der Waals surface area contributed by atoms with Gasteiger partial charge in [-0.1, -0.05) is 12.1 Å². The van der Waals surface area contributed by atoms with Crippen molar-refractivity contribution in [2.24, 2.45) is 0 Å². The highest BCUT2D eigenvalue weighted by Gasteiger charge is 2.08. The molecule has 1 aromatic carbocycles. The zero-order valence-electron chi connectivity index (χ0n) is 10.3. The molecule has 0 unspecified atom stereocenters. The molecule has 2 aromatic rings. The molecule has 2 rings (SSSR count). The second kappa shape index (κ2) is 5.01. The highest BCUT2D eigenvalue weighted by atomic mass is 16.3. The molecule has 0 aliphatic carbocycles. The molecular formula is C13H15N3O2. The van der Waals surface area contributed by atoms with E-state index < -0.39 is 0 Å². The molecule has 0 aliphatic heterocycles. The number of hydrogen-bond acceptors (Lipinski definition) is 4. The Hall–Kier alpha value is -2.14.